The number of benzene rings is 1. The summed E-state index contributed by atoms with van der Waals surface area (Å²) >= 11 is 0. The molecule has 0 saturated heterocycles. The van der Waals surface area contributed by atoms with Gasteiger partial charge in [0, 0.05) is 29.9 Å². The highest BCUT2D eigenvalue weighted by molar-refractivity contribution is 5.57. The van der Waals surface area contributed by atoms with Crippen LogP contribution in [0, 0.1) is 10.1 Å². The number of aromatic amines is 1. The molecule has 1 aromatic carbocycles. The second-order valence-electron chi connectivity index (χ2n) is 4.07. The molecule has 0 amide bonds. The van der Waals surface area contributed by atoms with Crippen LogP contribution in [0.25, 0.3) is 0 Å². The second-order valence-corrected chi connectivity index (χ2v) is 4.07. The third kappa shape index (κ3) is 3.16. The summed E-state index contributed by atoms with van der Waals surface area (Å²) in [7, 11) is 0. The first-order valence-corrected chi connectivity index (χ1v) is 6.04. The van der Waals surface area contributed by atoms with Crippen molar-refractivity contribution in [3.05, 3.63) is 40.1 Å². The lowest BCUT2D eigenvalue weighted by Gasteiger charge is -2.09. The summed E-state index contributed by atoms with van der Waals surface area (Å²) in [5, 5.41) is 20.4. The number of non-ortho nitro benzene ring substituents is 1. The Morgan fingerprint density at radius 2 is 2.30 bits per heavy atom. The van der Waals surface area contributed by atoms with Crippen LogP contribution in [0.3, 0.4) is 0 Å². The fraction of sp³-hybridized carbons (Fsp3) is 0.250. The van der Waals surface area contributed by atoms with E-state index in [9.17, 15) is 10.1 Å². The molecule has 0 spiro atoms. The lowest BCUT2D eigenvalue weighted by molar-refractivity contribution is -0.384. The first-order valence-electron chi connectivity index (χ1n) is 6.04. The fourth-order valence-electron chi connectivity index (χ4n) is 1.70. The van der Waals surface area contributed by atoms with E-state index in [-0.39, 0.29) is 5.69 Å². The molecular formula is C12H15N5O3. The van der Waals surface area contributed by atoms with Crippen LogP contribution in [-0.4, -0.2) is 21.7 Å². The van der Waals surface area contributed by atoms with Crippen LogP contribution >= 0.6 is 0 Å². The number of nitrogen functional groups attached to an aromatic ring is 1. The minimum absolute atomic E-state index is 0.0291. The molecule has 0 saturated carbocycles. The van der Waals surface area contributed by atoms with E-state index in [1.807, 2.05) is 6.92 Å². The van der Waals surface area contributed by atoms with E-state index in [0.29, 0.717) is 30.4 Å². The predicted molar refractivity (Wildman–Crippen MR) is 74.6 cm³/mol. The van der Waals surface area contributed by atoms with Gasteiger partial charge in [-0.25, -0.2) is 0 Å². The molecule has 0 fully saturated rings. The number of aromatic nitrogens is 2. The van der Waals surface area contributed by atoms with Crippen molar-refractivity contribution in [2.75, 3.05) is 17.7 Å². The molecule has 2 rings (SSSR count). The Hall–Kier alpha value is -2.77. The van der Waals surface area contributed by atoms with Crippen molar-refractivity contribution >= 4 is 17.2 Å². The molecular weight excluding hydrogens is 262 g/mol. The minimum atomic E-state index is -0.458. The number of H-pyrrole nitrogens is 1. The van der Waals surface area contributed by atoms with Crippen molar-refractivity contribution < 1.29 is 9.66 Å². The van der Waals surface area contributed by atoms with Gasteiger partial charge in [0.15, 0.2) is 0 Å². The molecule has 8 heteroatoms. The Morgan fingerprint density at radius 1 is 1.50 bits per heavy atom. The van der Waals surface area contributed by atoms with Crippen molar-refractivity contribution in [2.24, 2.45) is 0 Å². The van der Waals surface area contributed by atoms with E-state index >= 15 is 0 Å². The van der Waals surface area contributed by atoms with E-state index in [4.69, 9.17) is 10.5 Å². The lowest BCUT2D eigenvalue weighted by atomic mass is 10.2. The van der Waals surface area contributed by atoms with Crippen molar-refractivity contribution in [3.8, 4) is 5.75 Å². The number of nitrogens with one attached hydrogen (secondary N) is 2. The Bertz CT molecular complexity index is 611. The van der Waals surface area contributed by atoms with Gasteiger partial charge in [0.25, 0.3) is 5.69 Å². The summed E-state index contributed by atoms with van der Waals surface area (Å²) in [6, 6.07) is 4.53. The van der Waals surface area contributed by atoms with Crippen molar-refractivity contribution in [1.29, 1.82) is 0 Å². The molecule has 0 aliphatic heterocycles. The molecule has 0 atom stereocenters. The molecule has 1 heterocycles. The number of nitro benzene ring substituents is 1. The summed E-state index contributed by atoms with van der Waals surface area (Å²) < 4.78 is 5.31. The summed E-state index contributed by atoms with van der Waals surface area (Å²) in [4.78, 5) is 10.4. The average Bonchev–Trinajstić information content (AvgIpc) is 2.82. The third-order valence-corrected chi connectivity index (χ3v) is 2.65. The summed E-state index contributed by atoms with van der Waals surface area (Å²) in [5.74, 6) is 0.914. The smallest absolute Gasteiger partial charge is 0.275 e. The van der Waals surface area contributed by atoms with Gasteiger partial charge in [0.05, 0.1) is 23.8 Å². The minimum Gasteiger partial charge on any atom is -0.494 e. The molecule has 0 aliphatic rings. The van der Waals surface area contributed by atoms with Gasteiger partial charge in [0.2, 0.25) is 0 Å². The van der Waals surface area contributed by atoms with Gasteiger partial charge in [0.1, 0.15) is 11.6 Å². The maximum atomic E-state index is 10.9. The number of ether oxygens (including phenoxy) is 1. The van der Waals surface area contributed by atoms with Crippen LogP contribution < -0.4 is 15.8 Å². The highest BCUT2D eigenvalue weighted by Gasteiger charge is 2.11. The monoisotopic (exact) mass is 277 g/mol. The molecule has 2 aromatic rings. The zero-order valence-corrected chi connectivity index (χ0v) is 10.9. The highest BCUT2D eigenvalue weighted by atomic mass is 16.6. The van der Waals surface area contributed by atoms with Gasteiger partial charge in [-0.15, -0.1) is 0 Å². The standard InChI is InChI=1S/C12H15N5O3/c1-2-20-11-4-9(3-10(5-11)17(18)19)14-6-8-7-15-16-12(8)13/h3-5,7,14H,2,6H2,1H3,(H3,13,15,16). The van der Waals surface area contributed by atoms with Crippen LogP contribution in [-0.2, 0) is 6.54 Å². The molecule has 0 aliphatic carbocycles. The Balaban J connectivity index is 2.17. The van der Waals surface area contributed by atoms with Crippen LogP contribution in [0.15, 0.2) is 24.4 Å². The molecule has 20 heavy (non-hydrogen) atoms. The predicted octanol–water partition coefficient (Wildman–Crippen LogP) is 1.91. The number of hydrogen-bond acceptors (Lipinski definition) is 6. The van der Waals surface area contributed by atoms with E-state index < -0.39 is 4.92 Å². The Kier molecular flexibility index (Phi) is 4.04. The number of nitrogens with two attached hydrogens (primary N) is 1. The quantitative estimate of drug-likeness (QED) is 0.548. The molecule has 106 valence electrons. The zero-order valence-electron chi connectivity index (χ0n) is 10.9. The van der Waals surface area contributed by atoms with Crippen molar-refractivity contribution in [2.45, 2.75) is 13.5 Å². The Morgan fingerprint density at radius 3 is 2.90 bits per heavy atom. The largest absolute Gasteiger partial charge is 0.494 e. The number of anilines is 2. The van der Waals surface area contributed by atoms with Crippen molar-refractivity contribution in [1.82, 2.24) is 10.2 Å². The third-order valence-electron chi connectivity index (χ3n) is 2.65. The van der Waals surface area contributed by atoms with Gasteiger partial charge in [-0.1, -0.05) is 0 Å². The number of nitro groups is 1. The van der Waals surface area contributed by atoms with E-state index in [0.717, 1.165) is 5.56 Å². The van der Waals surface area contributed by atoms with Gasteiger partial charge >= 0.3 is 0 Å². The van der Waals surface area contributed by atoms with Crippen LogP contribution in [0.5, 0.6) is 5.75 Å². The molecule has 1 aromatic heterocycles. The van der Waals surface area contributed by atoms with Crippen LogP contribution in [0.2, 0.25) is 0 Å². The SMILES string of the molecule is CCOc1cc(NCc2cn[nH]c2N)cc([N+](=O)[O-])c1. The molecule has 8 nitrogen and oxygen atoms in total. The van der Waals surface area contributed by atoms with Gasteiger partial charge in [-0.2, -0.15) is 5.10 Å². The maximum Gasteiger partial charge on any atom is 0.275 e. The normalized spacial score (nSPS) is 10.2. The first kappa shape index (κ1) is 13.7. The van der Waals surface area contributed by atoms with Crippen molar-refractivity contribution in [3.63, 3.8) is 0 Å². The number of rotatable bonds is 6. The Labute approximate surface area is 115 Å². The van der Waals surface area contributed by atoms with Gasteiger partial charge in [-0.05, 0) is 6.92 Å². The van der Waals surface area contributed by atoms with E-state index in [2.05, 4.69) is 15.5 Å². The summed E-state index contributed by atoms with van der Waals surface area (Å²) in [6.07, 6.45) is 1.60. The average molecular weight is 277 g/mol. The number of nitrogens with zero attached hydrogens (tertiary/aromatic N) is 2. The van der Waals surface area contributed by atoms with E-state index in [1.54, 1.807) is 12.3 Å². The fourth-order valence-corrected chi connectivity index (χ4v) is 1.70. The van der Waals surface area contributed by atoms with Crippen LogP contribution in [0.4, 0.5) is 17.2 Å². The van der Waals surface area contributed by atoms with E-state index in [1.165, 1.54) is 12.1 Å². The second kappa shape index (κ2) is 5.91. The van der Waals surface area contributed by atoms with Gasteiger partial charge in [-0.3, -0.25) is 15.2 Å². The number of hydrogen-bond donors (Lipinski definition) is 3. The highest BCUT2D eigenvalue weighted by Crippen LogP contribution is 2.26. The topological polar surface area (TPSA) is 119 Å². The zero-order chi connectivity index (χ0) is 14.5. The molecule has 0 unspecified atom stereocenters. The van der Waals surface area contributed by atoms with Crippen LogP contribution in [0.1, 0.15) is 12.5 Å². The molecule has 4 N–H and O–H groups in total. The lowest BCUT2D eigenvalue weighted by Crippen LogP contribution is -2.03. The summed E-state index contributed by atoms with van der Waals surface area (Å²) in [5.41, 5.74) is 7.01. The maximum absolute atomic E-state index is 10.9. The molecule has 0 radical (unpaired) electrons. The first-order chi connectivity index (χ1) is 9.60. The summed E-state index contributed by atoms with van der Waals surface area (Å²) in [6.45, 7) is 2.67. The van der Waals surface area contributed by atoms with Gasteiger partial charge < -0.3 is 15.8 Å². The molecule has 0 bridgehead atoms.